The molecule has 0 saturated heterocycles. The van der Waals surface area contributed by atoms with Gasteiger partial charge in [-0.2, -0.15) is 0 Å². The zero-order valence-corrected chi connectivity index (χ0v) is 23.2. The largest absolute Gasteiger partial charge is 0.312 e. The van der Waals surface area contributed by atoms with Crippen LogP contribution in [-0.2, 0) is 0 Å². The molecule has 1 aliphatic heterocycles. The number of aromatic nitrogens is 2. The Kier molecular flexibility index (Phi) is 5.15. The van der Waals surface area contributed by atoms with E-state index in [9.17, 15) is 0 Å². The molecule has 3 heterocycles. The first kappa shape index (κ1) is 23.5. The molecule has 3 nitrogen and oxygen atoms in total. The van der Waals surface area contributed by atoms with Crippen molar-refractivity contribution >= 4 is 44.7 Å². The zero-order chi connectivity index (χ0) is 27.6. The highest BCUT2D eigenvalue weighted by molar-refractivity contribution is 6.13. The Labute approximate surface area is 245 Å². The van der Waals surface area contributed by atoms with Crippen LogP contribution >= 0.6 is 0 Å². The number of pyridine rings is 1. The molecule has 2 aromatic heterocycles. The fourth-order valence-electron chi connectivity index (χ4n) is 7.39. The van der Waals surface area contributed by atoms with Crippen molar-refractivity contribution < 1.29 is 0 Å². The Morgan fingerprint density at radius 3 is 2.33 bits per heavy atom. The monoisotopic (exact) mass is 539 g/mol. The van der Waals surface area contributed by atoms with Crippen molar-refractivity contribution in [2.75, 3.05) is 4.90 Å². The first-order valence-electron chi connectivity index (χ1n) is 14.9. The third-order valence-corrected chi connectivity index (χ3v) is 9.20. The average Bonchev–Trinajstić information content (AvgIpc) is 3.33. The molecule has 42 heavy (non-hydrogen) atoms. The molecule has 200 valence electrons. The summed E-state index contributed by atoms with van der Waals surface area (Å²) in [6.45, 7) is 0. The molecular formula is C39H29N3. The van der Waals surface area contributed by atoms with E-state index >= 15 is 0 Å². The van der Waals surface area contributed by atoms with Gasteiger partial charge in [0.15, 0.2) is 0 Å². The van der Waals surface area contributed by atoms with Gasteiger partial charge in [-0.3, -0.25) is 4.90 Å². The minimum atomic E-state index is 0.354. The van der Waals surface area contributed by atoms with Gasteiger partial charge >= 0.3 is 0 Å². The van der Waals surface area contributed by atoms with Crippen LogP contribution in [0, 0.1) is 11.8 Å². The van der Waals surface area contributed by atoms with E-state index in [1.807, 2.05) is 0 Å². The van der Waals surface area contributed by atoms with Crippen LogP contribution in [0.25, 0.3) is 49.9 Å². The maximum Gasteiger partial charge on any atom is 0.138 e. The lowest BCUT2D eigenvalue weighted by atomic mass is 9.78. The lowest BCUT2D eigenvalue weighted by molar-refractivity contribution is 0.492. The number of nitrogens with zero attached hydrogens (tertiary/aromatic N) is 3. The van der Waals surface area contributed by atoms with Crippen LogP contribution in [-0.4, -0.2) is 9.55 Å². The van der Waals surface area contributed by atoms with Crippen LogP contribution in [0.1, 0.15) is 12.8 Å². The predicted molar refractivity (Wildman–Crippen MR) is 175 cm³/mol. The van der Waals surface area contributed by atoms with E-state index in [4.69, 9.17) is 4.98 Å². The second kappa shape index (κ2) is 9.19. The molecule has 2 atom stereocenters. The minimum absolute atomic E-state index is 0.354. The molecular weight excluding hydrogens is 510 g/mol. The Balaban J connectivity index is 1.39. The van der Waals surface area contributed by atoms with Gasteiger partial charge in [0.05, 0.1) is 28.1 Å². The summed E-state index contributed by atoms with van der Waals surface area (Å²) in [5.41, 5.74) is 10.9. The van der Waals surface area contributed by atoms with Crippen LogP contribution in [0.5, 0.6) is 0 Å². The van der Waals surface area contributed by atoms with E-state index in [2.05, 4.69) is 149 Å². The highest BCUT2D eigenvalue weighted by atomic mass is 15.2. The van der Waals surface area contributed by atoms with E-state index in [1.165, 1.54) is 45.4 Å². The van der Waals surface area contributed by atoms with E-state index < -0.39 is 0 Å². The molecule has 9 rings (SSSR count). The summed E-state index contributed by atoms with van der Waals surface area (Å²) in [4.78, 5) is 7.56. The molecule has 0 amide bonds. The van der Waals surface area contributed by atoms with Crippen molar-refractivity contribution in [2.45, 2.75) is 12.8 Å². The van der Waals surface area contributed by atoms with Crippen molar-refractivity contribution in [3.8, 4) is 22.4 Å². The smallest absolute Gasteiger partial charge is 0.138 e. The summed E-state index contributed by atoms with van der Waals surface area (Å²) >= 11 is 0. The molecule has 2 unspecified atom stereocenters. The average molecular weight is 540 g/mol. The molecule has 3 heteroatoms. The molecule has 0 N–H and O–H groups in total. The first-order valence-corrected chi connectivity index (χ1v) is 14.9. The lowest BCUT2D eigenvalue weighted by Crippen LogP contribution is -2.21. The second-order valence-electron chi connectivity index (χ2n) is 11.5. The molecule has 0 saturated carbocycles. The normalized spacial score (nSPS) is 18.7. The quantitative estimate of drug-likeness (QED) is 0.218. The van der Waals surface area contributed by atoms with E-state index in [0.29, 0.717) is 11.8 Å². The summed E-state index contributed by atoms with van der Waals surface area (Å²) < 4.78 is 2.58. The van der Waals surface area contributed by atoms with Gasteiger partial charge < -0.3 is 4.57 Å². The third-order valence-electron chi connectivity index (χ3n) is 9.20. The Morgan fingerprint density at radius 1 is 0.667 bits per heavy atom. The third kappa shape index (κ3) is 3.37. The van der Waals surface area contributed by atoms with E-state index in [0.717, 1.165) is 34.5 Å². The number of benzene rings is 4. The van der Waals surface area contributed by atoms with Crippen LogP contribution in [0.4, 0.5) is 17.2 Å². The molecule has 0 spiro atoms. The van der Waals surface area contributed by atoms with Crippen LogP contribution in [0.2, 0.25) is 0 Å². The first-order chi connectivity index (χ1) is 20.9. The zero-order valence-electron chi connectivity index (χ0n) is 23.2. The Hall–Kier alpha value is -5.15. The SMILES string of the molecule is C1=CC2CCC=C(n3c4c(c5ccccc53)-c3ccccc3N(c3ccc5ccccc5n3)c3ccccc3-4)C2C=C1. The Bertz CT molecular complexity index is 2130. The van der Waals surface area contributed by atoms with Crippen molar-refractivity contribution in [2.24, 2.45) is 11.8 Å². The number of hydrogen-bond acceptors (Lipinski definition) is 2. The van der Waals surface area contributed by atoms with Gasteiger partial charge in [0, 0.05) is 39.1 Å². The van der Waals surface area contributed by atoms with E-state index in [1.54, 1.807) is 0 Å². The van der Waals surface area contributed by atoms with Gasteiger partial charge in [0.1, 0.15) is 5.82 Å². The van der Waals surface area contributed by atoms with Crippen molar-refractivity contribution in [3.05, 3.63) is 140 Å². The highest BCUT2D eigenvalue weighted by Gasteiger charge is 2.35. The molecule has 0 bridgehead atoms. The molecule has 0 radical (unpaired) electrons. The predicted octanol–water partition coefficient (Wildman–Crippen LogP) is 10.3. The van der Waals surface area contributed by atoms with Gasteiger partial charge in [-0.15, -0.1) is 0 Å². The minimum Gasteiger partial charge on any atom is -0.312 e. The van der Waals surface area contributed by atoms with Crippen molar-refractivity contribution in [3.63, 3.8) is 0 Å². The molecule has 3 aliphatic rings. The number of para-hydroxylation sites is 4. The molecule has 2 aliphatic carbocycles. The van der Waals surface area contributed by atoms with Gasteiger partial charge in [-0.05, 0) is 55.2 Å². The summed E-state index contributed by atoms with van der Waals surface area (Å²) in [5, 5.41) is 2.42. The number of hydrogen-bond donors (Lipinski definition) is 0. The Morgan fingerprint density at radius 2 is 1.40 bits per heavy atom. The lowest BCUT2D eigenvalue weighted by Gasteiger charge is -2.32. The number of allylic oxidation sites excluding steroid dienone is 6. The number of fused-ring (bicyclic) bond motifs is 9. The summed E-state index contributed by atoms with van der Waals surface area (Å²) in [6, 6.07) is 39.4. The maximum absolute atomic E-state index is 5.21. The summed E-state index contributed by atoms with van der Waals surface area (Å²) in [7, 11) is 0. The van der Waals surface area contributed by atoms with E-state index in [-0.39, 0.29) is 0 Å². The fraction of sp³-hybridized carbons (Fsp3) is 0.103. The second-order valence-corrected chi connectivity index (χ2v) is 11.5. The van der Waals surface area contributed by atoms with Gasteiger partial charge in [-0.25, -0.2) is 4.98 Å². The summed E-state index contributed by atoms with van der Waals surface area (Å²) in [6.07, 6.45) is 14.0. The fourth-order valence-corrected chi connectivity index (χ4v) is 7.39. The maximum atomic E-state index is 5.21. The van der Waals surface area contributed by atoms with Crippen LogP contribution in [0.3, 0.4) is 0 Å². The summed E-state index contributed by atoms with van der Waals surface area (Å²) in [5.74, 6) is 1.80. The van der Waals surface area contributed by atoms with Crippen molar-refractivity contribution in [1.82, 2.24) is 9.55 Å². The highest BCUT2D eigenvalue weighted by Crippen LogP contribution is 2.55. The standard InChI is InChI=1S/C39H29N3/c1-3-15-28-26(12-1)14-11-23-33(28)42-35-21-9-5-17-30(35)38-29-16-4-8-20-34(29)41(36-22-10-6-18-31(36)39(38)42)37-25-24-27-13-2-7-19-32(27)40-37/h1-10,12-13,15-26,28H,11,14H2. The molecule has 6 aromatic rings. The van der Waals surface area contributed by atoms with Crippen LogP contribution < -0.4 is 4.90 Å². The van der Waals surface area contributed by atoms with Crippen molar-refractivity contribution in [1.29, 1.82) is 0 Å². The number of rotatable bonds is 2. The van der Waals surface area contributed by atoms with Gasteiger partial charge in [0.2, 0.25) is 0 Å². The number of anilines is 3. The van der Waals surface area contributed by atoms with Crippen LogP contribution in [0.15, 0.2) is 140 Å². The topological polar surface area (TPSA) is 21.1 Å². The van der Waals surface area contributed by atoms with Gasteiger partial charge in [-0.1, -0.05) is 103 Å². The molecule has 0 fully saturated rings. The molecule has 4 aromatic carbocycles. The van der Waals surface area contributed by atoms with Gasteiger partial charge in [0.25, 0.3) is 0 Å².